The lowest BCUT2D eigenvalue weighted by atomic mass is 9.84. The Morgan fingerprint density at radius 3 is 2.38 bits per heavy atom. The van der Waals surface area contributed by atoms with Gasteiger partial charge in [0.15, 0.2) is 0 Å². The molecule has 32 heavy (non-hydrogen) atoms. The molecule has 0 radical (unpaired) electrons. The van der Waals surface area contributed by atoms with Crippen LogP contribution in [-0.2, 0) is 6.54 Å². The SMILES string of the molecule is CN/C(=C(/C)N)c1cnc2c(-c3ccc(C)cc3)cn(CC3(F)CCC(F)(F)CC3)c2c1. The van der Waals surface area contributed by atoms with Gasteiger partial charge in [0.05, 0.1) is 23.3 Å². The summed E-state index contributed by atoms with van der Waals surface area (Å²) < 4.78 is 44.7. The van der Waals surface area contributed by atoms with Crippen LogP contribution in [-0.4, -0.2) is 28.2 Å². The van der Waals surface area contributed by atoms with Crippen LogP contribution < -0.4 is 11.1 Å². The molecule has 0 saturated heterocycles. The van der Waals surface area contributed by atoms with Crippen molar-refractivity contribution in [3.8, 4) is 11.1 Å². The molecule has 3 aromatic rings. The smallest absolute Gasteiger partial charge is 0.248 e. The van der Waals surface area contributed by atoms with Crippen molar-refractivity contribution in [1.82, 2.24) is 14.9 Å². The minimum atomic E-state index is -2.78. The van der Waals surface area contributed by atoms with E-state index in [9.17, 15) is 8.78 Å². The number of rotatable bonds is 5. The van der Waals surface area contributed by atoms with Gasteiger partial charge in [-0.2, -0.15) is 0 Å². The first-order valence-corrected chi connectivity index (χ1v) is 10.9. The third-order valence-corrected chi connectivity index (χ3v) is 6.34. The number of alkyl halides is 3. The zero-order valence-corrected chi connectivity index (χ0v) is 18.7. The van der Waals surface area contributed by atoms with E-state index in [-0.39, 0.29) is 19.4 Å². The minimum Gasteiger partial charge on any atom is -0.401 e. The maximum Gasteiger partial charge on any atom is 0.248 e. The highest BCUT2D eigenvalue weighted by Crippen LogP contribution is 2.42. The lowest BCUT2D eigenvalue weighted by Crippen LogP contribution is -2.38. The van der Waals surface area contributed by atoms with E-state index in [4.69, 9.17) is 10.7 Å². The van der Waals surface area contributed by atoms with Crippen molar-refractivity contribution in [2.24, 2.45) is 5.73 Å². The molecule has 0 spiro atoms. The summed E-state index contributed by atoms with van der Waals surface area (Å²) in [6, 6.07) is 10.0. The van der Waals surface area contributed by atoms with Gasteiger partial charge in [0, 0.05) is 49.1 Å². The molecule has 0 unspecified atom stereocenters. The van der Waals surface area contributed by atoms with E-state index < -0.39 is 24.4 Å². The summed E-state index contributed by atoms with van der Waals surface area (Å²) in [6.45, 7) is 3.83. The number of hydrogen-bond acceptors (Lipinski definition) is 3. The molecule has 1 aliphatic rings. The maximum absolute atomic E-state index is 15.6. The zero-order valence-electron chi connectivity index (χ0n) is 18.7. The molecule has 1 fully saturated rings. The van der Waals surface area contributed by atoms with Gasteiger partial charge >= 0.3 is 0 Å². The van der Waals surface area contributed by atoms with Crippen LogP contribution in [0.25, 0.3) is 27.9 Å². The number of halogens is 3. The number of hydrogen-bond donors (Lipinski definition) is 2. The van der Waals surface area contributed by atoms with E-state index in [1.165, 1.54) is 0 Å². The number of nitrogens with zero attached hydrogens (tertiary/aromatic N) is 2. The number of allylic oxidation sites excluding steroid dienone is 1. The fraction of sp³-hybridized carbons (Fsp3) is 0.400. The minimum absolute atomic E-state index is 0.0107. The number of nitrogens with two attached hydrogens (primary N) is 1. The molecule has 4 nitrogen and oxygen atoms in total. The second-order valence-corrected chi connectivity index (χ2v) is 8.94. The first-order valence-electron chi connectivity index (χ1n) is 10.9. The molecule has 7 heteroatoms. The molecule has 4 rings (SSSR count). The van der Waals surface area contributed by atoms with Crippen LogP contribution >= 0.6 is 0 Å². The van der Waals surface area contributed by atoms with Gasteiger partial charge in [-0.15, -0.1) is 0 Å². The largest absolute Gasteiger partial charge is 0.401 e. The summed E-state index contributed by atoms with van der Waals surface area (Å²) in [5, 5.41) is 3.09. The average Bonchev–Trinajstić information content (AvgIpc) is 3.09. The van der Waals surface area contributed by atoms with Crippen LogP contribution in [0.3, 0.4) is 0 Å². The number of nitrogens with one attached hydrogen (secondary N) is 1. The van der Waals surface area contributed by atoms with Crippen LogP contribution in [0, 0.1) is 6.92 Å². The van der Waals surface area contributed by atoms with E-state index in [1.54, 1.807) is 20.2 Å². The highest BCUT2D eigenvalue weighted by Gasteiger charge is 2.44. The third kappa shape index (κ3) is 4.33. The molecule has 0 amide bonds. The lowest BCUT2D eigenvalue weighted by Gasteiger charge is -2.34. The van der Waals surface area contributed by atoms with Crippen molar-refractivity contribution in [1.29, 1.82) is 0 Å². The van der Waals surface area contributed by atoms with Crippen molar-refractivity contribution in [2.45, 2.75) is 57.7 Å². The Bertz CT molecular complexity index is 1150. The van der Waals surface area contributed by atoms with Crippen molar-refractivity contribution >= 4 is 16.7 Å². The van der Waals surface area contributed by atoms with Crippen molar-refractivity contribution in [2.75, 3.05) is 7.05 Å². The molecule has 1 saturated carbocycles. The quantitative estimate of drug-likeness (QED) is 0.525. The molecular formula is C25H29F3N4. The maximum atomic E-state index is 15.6. The Morgan fingerprint density at radius 1 is 1.12 bits per heavy atom. The standard InChI is InChI=1S/C25H29F3N4/c1-16-4-6-18(7-5-16)20-14-32(15-24(26)8-10-25(27,28)11-9-24)21-12-19(13-31-23(20)21)22(30-3)17(2)29/h4-7,12-14,30H,8-11,15,29H2,1-3H3/b22-17-. The molecular weight excluding hydrogens is 413 g/mol. The summed E-state index contributed by atoms with van der Waals surface area (Å²) in [6.07, 6.45) is 2.48. The normalized spacial score (nSPS) is 18.4. The zero-order chi connectivity index (χ0) is 23.1. The molecule has 170 valence electrons. The van der Waals surface area contributed by atoms with Crippen LogP contribution in [0.2, 0.25) is 0 Å². The van der Waals surface area contributed by atoms with Crippen molar-refractivity contribution in [3.63, 3.8) is 0 Å². The van der Waals surface area contributed by atoms with Crippen molar-refractivity contribution < 1.29 is 13.2 Å². The van der Waals surface area contributed by atoms with Gasteiger partial charge in [0.1, 0.15) is 5.67 Å². The lowest BCUT2D eigenvalue weighted by molar-refractivity contribution is -0.0791. The number of benzene rings is 1. The Morgan fingerprint density at radius 2 is 1.78 bits per heavy atom. The first-order chi connectivity index (χ1) is 15.1. The number of aryl methyl sites for hydroxylation is 1. The third-order valence-electron chi connectivity index (χ3n) is 6.34. The molecule has 1 aromatic carbocycles. The Labute approximate surface area is 186 Å². The molecule has 0 bridgehead atoms. The van der Waals surface area contributed by atoms with E-state index in [0.29, 0.717) is 5.70 Å². The summed E-state index contributed by atoms with van der Waals surface area (Å²) in [5.74, 6) is -2.78. The van der Waals surface area contributed by atoms with E-state index in [0.717, 1.165) is 39.0 Å². The monoisotopic (exact) mass is 442 g/mol. The topological polar surface area (TPSA) is 55.9 Å². The van der Waals surface area contributed by atoms with Crippen LogP contribution in [0.4, 0.5) is 13.2 Å². The number of fused-ring (bicyclic) bond motifs is 1. The van der Waals surface area contributed by atoms with E-state index >= 15 is 4.39 Å². The fourth-order valence-electron chi connectivity index (χ4n) is 4.47. The predicted molar refractivity (Wildman–Crippen MR) is 123 cm³/mol. The van der Waals surface area contributed by atoms with Crippen LogP contribution in [0.15, 0.2) is 48.4 Å². The Balaban J connectivity index is 1.82. The molecule has 2 heterocycles. The fourth-order valence-corrected chi connectivity index (χ4v) is 4.47. The van der Waals surface area contributed by atoms with E-state index in [2.05, 4.69) is 5.32 Å². The second kappa shape index (κ2) is 8.19. The van der Waals surface area contributed by atoms with Gasteiger partial charge in [0.25, 0.3) is 0 Å². The molecule has 3 N–H and O–H groups in total. The van der Waals surface area contributed by atoms with Gasteiger partial charge < -0.3 is 15.6 Å². The molecule has 0 atom stereocenters. The predicted octanol–water partition coefficient (Wildman–Crippen LogP) is 5.80. The summed E-state index contributed by atoms with van der Waals surface area (Å²) in [7, 11) is 1.78. The summed E-state index contributed by atoms with van der Waals surface area (Å²) in [4.78, 5) is 4.70. The molecule has 0 aliphatic heterocycles. The number of pyridine rings is 1. The molecule has 2 aromatic heterocycles. The molecule has 1 aliphatic carbocycles. The second-order valence-electron chi connectivity index (χ2n) is 8.94. The highest BCUT2D eigenvalue weighted by molar-refractivity contribution is 5.94. The first kappa shape index (κ1) is 22.2. The van der Waals surface area contributed by atoms with E-state index in [1.807, 2.05) is 48.0 Å². The Hall–Kier alpha value is -2.96. The van der Waals surface area contributed by atoms with Crippen molar-refractivity contribution in [3.05, 3.63) is 59.5 Å². The summed E-state index contributed by atoms with van der Waals surface area (Å²) >= 11 is 0. The Kier molecular flexibility index (Phi) is 5.69. The van der Waals surface area contributed by atoms with Gasteiger partial charge in [-0.05, 0) is 38.3 Å². The van der Waals surface area contributed by atoms with Crippen LogP contribution in [0.5, 0.6) is 0 Å². The van der Waals surface area contributed by atoms with Gasteiger partial charge in [-0.3, -0.25) is 4.98 Å². The van der Waals surface area contributed by atoms with Gasteiger partial charge in [-0.25, -0.2) is 13.2 Å². The van der Waals surface area contributed by atoms with Gasteiger partial charge in [0.2, 0.25) is 5.92 Å². The van der Waals surface area contributed by atoms with Crippen LogP contribution in [0.1, 0.15) is 43.7 Å². The summed E-state index contributed by atoms with van der Waals surface area (Å²) in [5.41, 5.74) is 11.0. The van der Waals surface area contributed by atoms with Gasteiger partial charge in [-0.1, -0.05) is 29.8 Å². The average molecular weight is 443 g/mol. The highest BCUT2D eigenvalue weighted by atomic mass is 19.3. The number of aromatic nitrogens is 2.